The van der Waals surface area contributed by atoms with Gasteiger partial charge in [-0.2, -0.15) is 13.2 Å². The molecule has 1 unspecified atom stereocenters. The minimum absolute atomic E-state index is 0.196. The van der Waals surface area contributed by atoms with E-state index < -0.39 is 29.3 Å². The average Bonchev–Trinajstić information content (AvgIpc) is 2.73. The number of carbonyl (C=O) groups is 1. The fourth-order valence-electron chi connectivity index (χ4n) is 2.86. The number of aryl methyl sites for hydroxylation is 1. The SMILES string of the molecule is Cc1ccc(Cc2ncc(C(F)(F)F)c(C#Cc3ccccc3C(C)C(N)=O)n2)cn1. The zero-order chi connectivity index (χ0) is 22.6. The number of rotatable bonds is 4. The van der Waals surface area contributed by atoms with Gasteiger partial charge >= 0.3 is 6.18 Å². The lowest BCUT2D eigenvalue weighted by atomic mass is 9.95. The van der Waals surface area contributed by atoms with Crippen molar-refractivity contribution < 1.29 is 18.0 Å². The number of amides is 1. The van der Waals surface area contributed by atoms with Gasteiger partial charge in [0.15, 0.2) is 0 Å². The Morgan fingerprint density at radius 1 is 1.10 bits per heavy atom. The predicted molar refractivity (Wildman–Crippen MR) is 109 cm³/mol. The standard InChI is InChI=1S/C23H19F3N4O/c1-14-7-8-16(12-28-14)11-21-29-13-19(23(24,25)26)20(30-21)10-9-17-5-3-4-6-18(17)15(2)22(27)31/h3-8,12-13,15H,11H2,1-2H3,(H2,27,31). The van der Waals surface area contributed by atoms with Crippen molar-refractivity contribution in [2.45, 2.75) is 32.4 Å². The number of nitrogens with zero attached hydrogens (tertiary/aromatic N) is 3. The van der Waals surface area contributed by atoms with E-state index in [0.29, 0.717) is 11.1 Å². The summed E-state index contributed by atoms with van der Waals surface area (Å²) in [5.41, 5.74) is 6.45. The van der Waals surface area contributed by atoms with E-state index in [0.717, 1.165) is 17.5 Å². The van der Waals surface area contributed by atoms with Crippen LogP contribution in [-0.4, -0.2) is 20.9 Å². The summed E-state index contributed by atoms with van der Waals surface area (Å²) < 4.78 is 40.4. The fourth-order valence-corrected chi connectivity index (χ4v) is 2.86. The minimum atomic E-state index is -4.66. The Kier molecular flexibility index (Phi) is 6.35. The first-order valence-electron chi connectivity index (χ1n) is 9.40. The fraction of sp³-hybridized carbons (Fsp3) is 0.217. The van der Waals surface area contributed by atoms with Crippen LogP contribution in [0.15, 0.2) is 48.8 Å². The molecule has 0 aliphatic rings. The van der Waals surface area contributed by atoms with Gasteiger partial charge in [-0.3, -0.25) is 9.78 Å². The van der Waals surface area contributed by atoms with Crippen molar-refractivity contribution in [1.29, 1.82) is 0 Å². The number of hydrogen-bond acceptors (Lipinski definition) is 4. The van der Waals surface area contributed by atoms with Crippen LogP contribution in [0.4, 0.5) is 13.2 Å². The molecule has 0 radical (unpaired) electrons. The van der Waals surface area contributed by atoms with E-state index in [9.17, 15) is 18.0 Å². The van der Waals surface area contributed by atoms with Crippen molar-refractivity contribution in [2.75, 3.05) is 0 Å². The van der Waals surface area contributed by atoms with Gasteiger partial charge in [0.25, 0.3) is 0 Å². The lowest BCUT2D eigenvalue weighted by Gasteiger charge is -2.11. The number of aromatic nitrogens is 3. The molecule has 0 spiro atoms. The number of halogens is 3. The molecule has 1 aromatic carbocycles. The topological polar surface area (TPSA) is 81.8 Å². The number of hydrogen-bond donors (Lipinski definition) is 1. The molecule has 0 aliphatic heterocycles. The first kappa shape index (κ1) is 22.0. The van der Waals surface area contributed by atoms with Crippen LogP contribution in [0.3, 0.4) is 0 Å². The second kappa shape index (κ2) is 8.96. The van der Waals surface area contributed by atoms with Gasteiger partial charge in [-0.15, -0.1) is 0 Å². The summed E-state index contributed by atoms with van der Waals surface area (Å²) in [6, 6.07) is 10.3. The number of primary amides is 1. The van der Waals surface area contributed by atoms with Crippen molar-refractivity contribution in [1.82, 2.24) is 15.0 Å². The van der Waals surface area contributed by atoms with Crippen molar-refractivity contribution in [3.8, 4) is 11.8 Å². The molecular weight excluding hydrogens is 405 g/mol. The van der Waals surface area contributed by atoms with Crippen molar-refractivity contribution in [3.05, 3.63) is 88.3 Å². The maximum absolute atomic E-state index is 13.5. The maximum atomic E-state index is 13.5. The molecule has 0 saturated carbocycles. The van der Waals surface area contributed by atoms with Crippen LogP contribution in [-0.2, 0) is 17.4 Å². The van der Waals surface area contributed by atoms with Crippen molar-refractivity contribution in [2.24, 2.45) is 5.73 Å². The summed E-state index contributed by atoms with van der Waals surface area (Å²) in [4.78, 5) is 23.6. The van der Waals surface area contributed by atoms with Gasteiger partial charge in [0.2, 0.25) is 5.91 Å². The Morgan fingerprint density at radius 3 is 2.48 bits per heavy atom. The second-order valence-corrected chi connectivity index (χ2v) is 6.99. The zero-order valence-corrected chi connectivity index (χ0v) is 16.9. The molecule has 3 rings (SSSR count). The molecule has 2 aromatic heterocycles. The molecule has 158 valence electrons. The first-order chi connectivity index (χ1) is 14.6. The van der Waals surface area contributed by atoms with Crippen LogP contribution in [0.25, 0.3) is 0 Å². The highest BCUT2D eigenvalue weighted by molar-refractivity contribution is 5.82. The third-order valence-corrected chi connectivity index (χ3v) is 4.65. The van der Waals surface area contributed by atoms with E-state index in [-0.39, 0.29) is 12.2 Å². The molecule has 2 N–H and O–H groups in total. The van der Waals surface area contributed by atoms with Crippen LogP contribution in [0.1, 0.15) is 52.3 Å². The molecule has 8 heteroatoms. The summed E-state index contributed by atoms with van der Waals surface area (Å²) >= 11 is 0. The molecule has 0 fully saturated rings. The van der Waals surface area contributed by atoms with E-state index in [1.165, 1.54) is 0 Å². The minimum Gasteiger partial charge on any atom is -0.369 e. The van der Waals surface area contributed by atoms with Crippen LogP contribution < -0.4 is 5.73 Å². The highest BCUT2D eigenvalue weighted by Gasteiger charge is 2.34. The molecular formula is C23H19F3N4O. The summed E-state index contributed by atoms with van der Waals surface area (Å²) in [7, 11) is 0. The molecule has 1 atom stereocenters. The van der Waals surface area contributed by atoms with Crippen LogP contribution in [0.2, 0.25) is 0 Å². The van der Waals surface area contributed by atoms with Crippen molar-refractivity contribution in [3.63, 3.8) is 0 Å². The van der Waals surface area contributed by atoms with Crippen LogP contribution >= 0.6 is 0 Å². The molecule has 0 saturated heterocycles. The quantitative estimate of drug-likeness (QED) is 0.647. The largest absolute Gasteiger partial charge is 0.420 e. The van der Waals surface area contributed by atoms with E-state index in [1.807, 2.05) is 13.0 Å². The van der Waals surface area contributed by atoms with Gasteiger partial charge in [-0.25, -0.2) is 9.97 Å². The molecule has 2 heterocycles. The third-order valence-electron chi connectivity index (χ3n) is 4.65. The molecule has 0 aliphatic carbocycles. The van der Waals surface area contributed by atoms with Gasteiger partial charge < -0.3 is 5.73 Å². The van der Waals surface area contributed by atoms with E-state index in [2.05, 4.69) is 26.8 Å². The van der Waals surface area contributed by atoms with Gasteiger partial charge in [-0.05, 0) is 43.0 Å². The predicted octanol–water partition coefficient (Wildman–Crippen LogP) is 3.78. The Hall–Kier alpha value is -3.73. The van der Waals surface area contributed by atoms with Gasteiger partial charge in [0.05, 0.1) is 5.92 Å². The highest BCUT2D eigenvalue weighted by Crippen LogP contribution is 2.30. The summed E-state index contributed by atoms with van der Waals surface area (Å²) in [5, 5.41) is 0. The Balaban J connectivity index is 2.02. The Labute approximate surface area is 177 Å². The number of benzene rings is 1. The van der Waals surface area contributed by atoms with E-state index in [4.69, 9.17) is 5.73 Å². The van der Waals surface area contributed by atoms with E-state index in [1.54, 1.807) is 43.5 Å². The molecule has 1 amide bonds. The summed E-state index contributed by atoms with van der Waals surface area (Å²) in [6.45, 7) is 3.45. The normalized spacial score (nSPS) is 12.0. The van der Waals surface area contributed by atoms with E-state index >= 15 is 0 Å². The van der Waals surface area contributed by atoms with Crippen LogP contribution in [0.5, 0.6) is 0 Å². The zero-order valence-electron chi connectivity index (χ0n) is 16.9. The molecule has 5 nitrogen and oxygen atoms in total. The molecule has 0 bridgehead atoms. The summed E-state index contributed by atoms with van der Waals surface area (Å²) in [6.07, 6.45) is -2.07. The van der Waals surface area contributed by atoms with Gasteiger partial charge in [-0.1, -0.05) is 30.2 Å². The lowest BCUT2D eigenvalue weighted by Crippen LogP contribution is -2.19. The molecule has 31 heavy (non-hydrogen) atoms. The molecule has 3 aromatic rings. The second-order valence-electron chi connectivity index (χ2n) is 6.99. The van der Waals surface area contributed by atoms with Crippen LogP contribution in [0, 0.1) is 18.8 Å². The van der Waals surface area contributed by atoms with Gasteiger partial charge in [0, 0.05) is 30.1 Å². The number of alkyl halides is 3. The number of carbonyl (C=O) groups excluding carboxylic acids is 1. The summed E-state index contributed by atoms with van der Waals surface area (Å²) in [5.74, 6) is 4.24. The highest BCUT2D eigenvalue weighted by atomic mass is 19.4. The third kappa shape index (κ3) is 5.45. The first-order valence-corrected chi connectivity index (χ1v) is 9.40. The maximum Gasteiger partial charge on any atom is 0.420 e. The Bertz CT molecular complexity index is 1160. The lowest BCUT2D eigenvalue weighted by molar-refractivity contribution is -0.138. The average molecular weight is 424 g/mol. The Morgan fingerprint density at radius 2 is 1.84 bits per heavy atom. The monoisotopic (exact) mass is 424 g/mol. The number of pyridine rings is 1. The van der Waals surface area contributed by atoms with Crippen molar-refractivity contribution >= 4 is 5.91 Å². The van der Waals surface area contributed by atoms with Gasteiger partial charge in [0.1, 0.15) is 17.1 Å². The number of nitrogens with two attached hydrogens (primary N) is 1. The smallest absolute Gasteiger partial charge is 0.369 e.